The molecule has 1 aromatic rings. The molecule has 8 heteroatoms. The van der Waals surface area contributed by atoms with Crippen LogP contribution < -0.4 is 14.8 Å². The van der Waals surface area contributed by atoms with Gasteiger partial charge in [0.1, 0.15) is 5.75 Å². The van der Waals surface area contributed by atoms with E-state index in [1.807, 2.05) is 12.1 Å². The maximum Gasteiger partial charge on any atom is 0.211 e. The average molecular weight is 369 g/mol. The molecule has 2 N–H and O–H groups in total. The van der Waals surface area contributed by atoms with E-state index in [1.54, 1.807) is 21.1 Å². The molecule has 0 bridgehead atoms. The van der Waals surface area contributed by atoms with Gasteiger partial charge in [-0.15, -0.1) is 0 Å². The molecule has 1 fully saturated rings. The smallest absolute Gasteiger partial charge is 0.211 e. The average Bonchev–Trinajstić information content (AvgIpc) is 3.11. The highest BCUT2D eigenvalue weighted by Crippen LogP contribution is 2.28. The lowest BCUT2D eigenvalue weighted by atomic mass is 9.98. The highest BCUT2D eigenvalue weighted by atomic mass is 32.2. The second kappa shape index (κ2) is 9.05. The molecule has 140 valence electrons. The van der Waals surface area contributed by atoms with Crippen LogP contribution in [0.2, 0.25) is 0 Å². The van der Waals surface area contributed by atoms with E-state index < -0.39 is 10.0 Å². The largest absolute Gasteiger partial charge is 0.497 e. The minimum atomic E-state index is -3.15. The third kappa shape index (κ3) is 5.61. The Bertz CT molecular complexity index is 674. The Kier molecular flexibility index (Phi) is 7.07. The molecule has 0 amide bonds. The van der Waals surface area contributed by atoms with Crippen molar-refractivity contribution < 1.29 is 13.2 Å². The van der Waals surface area contributed by atoms with E-state index in [2.05, 4.69) is 32.1 Å². The van der Waals surface area contributed by atoms with Crippen LogP contribution in [0.1, 0.15) is 24.8 Å². The molecular formula is C17H28N4O3S. The molecule has 2 rings (SSSR count). The molecule has 1 aliphatic heterocycles. The zero-order chi connectivity index (χ0) is 18.3. The molecule has 0 spiro atoms. The maximum atomic E-state index is 11.4. The fourth-order valence-corrected chi connectivity index (χ4v) is 3.53. The first-order chi connectivity index (χ1) is 12.0. The topological polar surface area (TPSA) is 83.0 Å². The van der Waals surface area contributed by atoms with Crippen LogP contribution in [0.25, 0.3) is 0 Å². The summed E-state index contributed by atoms with van der Waals surface area (Å²) < 4.78 is 30.6. The number of nitrogens with zero attached hydrogens (tertiary/aromatic N) is 2. The second-order valence-electron chi connectivity index (χ2n) is 5.98. The quantitative estimate of drug-likeness (QED) is 0.426. The van der Waals surface area contributed by atoms with E-state index in [9.17, 15) is 8.42 Å². The first-order valence-electron chi connectivity index (χ1n) is 8.56. The number of hydrogen-bond acceptors (Lipinski definition) is 4. The fraction of sp³-hybridized carbons (Fsp3) is 0.588. The van der Waals surface area contributed by atoms with Crippen LogP contribution in [0.5, 0.6) is 5.75 Å². The second-order valence-corrected chi connectivity index (χ2v) is 8.07. The summed E-state index contributed by atoms with van der Waals surface area (Å²) >= 11 is 0. The monoisotopic (exact) mass is 368 g/mol. The number of likely N-dealkylation sites (tertiary alicyclic amines) is 1. The molecule has 0 saturated carbocycles. The Hall–Kier alpha value is -1.80. The van der Waals surface area contributed by atoms with E-state index >= 15 is 0 Å². The highest BCUT2D eigenvalue weighted by molar-refractivity contribution is 7.89. The number of ether oxygens (including phenoxy) is 1. The SMILES string of the molecule is CCS(=O)(=O)NCCNC(=NC)N1CCC(c2ccc(OC)cc2)C1. The van der Waals surface area contributed by atoms with E-state index in [4.69, 9.17) is 4.74 Å². The molecule has 1 atom stereocenters. The zero-order valence-electron chi connectivity index (χ0n) is 15.2. The van der Waals surface area contributed by atoms with Gasteiger partial charge in [0.15, 0.2) is 5.96 Å². The van der Waals surface area contributed by atoms with Gasteiger partial charge >= 0.3 is 0 Å². The molecule has 0 aliphatic carbocycles. The van der Waals surface area contributed by atoms with Gasteiger partial charge < -0.3 is 15.0 Å². The number of sulfonamides is 1. The summed E-state index contributed by atoms with van der Waals surface area (Å²) in [6.45, 7) is 4.31. The van der Waals surface area contributed by atoms with Crippen molar-refractivity contribution >= 4 is 16.0 Å². The molecule has 7 nitrogen and oxygen atoms in total. The van der Waals surface area contributed by atoms with Crippen LogP contribution in [0.15, 0.2) is 29.3 Å². The summed E-state index contributed by atoms with van der Waals surface area (Å²) in [7, 11) is 0.271. The van der Waals surface area contributed by atoms with Crippen LogP contribution >= 0.6 is 0 Å². The van der Waals surface area contributed by atoms with Crippen LogP contribution in [0.4, 0.5) is 0 Å². The first-order valence-corrected chi connectivity index (χ1v) is 10.2. The third-order valence-electron chi connectivity index (χ3n) is 4.40. The van der Waals surface area contributed by atoms with Gasteiger partial charge in [0.05, 0.1) is 12.9 Å². The molecule has 1 aliphatic rings. The van der Waals surface area contributed by atoms with E-state index in [-0.39, 0.29) is 5.75 Å². The Labute approximate surface area is 150 Å². The minimum absolute atomic E-state index is 0.0946. The van der Waals surface area contributed by atoms with Gasteiger partial charge in [0.2, 0.25) is 10.0 Å². The lowest BCUT2D eigenvalue weighted by Crippen LogP contribution is -2.43. The summed E-state index contributed by atoms with van der Waals surface area (Å²) in [6.07, 6.45) is 1.06. The van der Waals surface area contributed by atoms with Crippen LogP contribution in [0.3, 0.4) is 0 Å². The first kappa shape index (κ1) is 19.5. The number of methoxy groups -OCH3 is 1. The normalized spacial score (nSPS) is 18.4. The number of aliphatic imine (C=N–C) groups is 1. The number of nitrogens with one attached hydrogen (secondary N) is 2. The summed E-state index contributed by atoms with van der Waals surface area (Å²) in [5, 5.41) is 3.23. The molecule has 1 heterocycles. The maximum absolute atomic E-state index is 11.4. The van der Waals surface area contributed by atoms with Crippen LogP contribution in [0, 0.1) is 0 Å². The molecule has 0 radical (unpaired) electrons. The Balaban J connectivity index is 1.84. The number of benzene rings is 1. The summed E-state index contributed by atoms with van der Waals surface area (Å²) in [6, 6.07) is 8.21. The van der Waals surface area contributed by atoms with Crippen molar-refractivity contribution in [3.8, 4) is 5.75 Å². The predicted molar refractivity (Wildman–Crippen MR) is 101 cm³/mol. The van der Waals surface area contributed by atoms with E-state index in [0.29, 0.717) is 19.0 Å². The number of guanidine groups is 1. The fourth-order valence-electron chi connectivity index (χ4n) is 2.92. The van der Waals surface area contributed by atoms with Crippen molar-refractivity contribution in [2.75, 3.05) is 46.1 Å². The van der Waals surface area contributed by atoms with Crippen molar-refractivity contribution in [1.29, 1.82) is 0 Å². The van der Waals surface area contributed by atoms with Gasteiger partial charge in [-0.3, -0.25) is 4.99 Å². The van der Waals surface area contributed by atoms with Crippen molar-refractivity contribution in [3.63, 3.8) is 0 Å². The number of rotatable bonds is 7. The number of hydrogen-bond donors (Lipinski definition) is 2. The van der Waals surface area contributed by atoms with Gasteiger partial charge in [-0.25, -0.2) is 13.1 Å². The lowest BCUT2D eigenvalue weighted by Gasteiger charge is -2.22. The van der Waals surface area contributed by atoms with Crippen LogP contribution in [-0.2, 0) is 10.0 Å². The van der Waals surface area contributed by atoms with Crippen LogP contribution in [-0.4, -0.2) is 65.4 Å². The molecule has 1 saturated heterocycles. The van der Waals surface area contributed by atoms with Crippen molar-refractivity contribution in [2.24, 2.45) is 4.99 Å². The third-order valence-corrected chi connectivity index (χ3v) is 5.80. The predicted octanol–water partition coefficient (Wildman–Crippen LogP) is 0.999. The minimum Gasteiger partial charge on any atom is -0.497 e. The molecular weight excluding hydrogens is 340 g/mol. The van der Waals surface area contributed by atoms with Gasteiger partial charge in [0, 0.05) is 39.1 Å². The summed E-state index contributed by atoms with van der Waals surface area (Å²) in [5.74, 6) is 2.23. The molecule has 0 aromatic heterocycles. The molecule has 1 aromatic carbocycles. The Morgan fingerprint density at radius 2 is 2.04 bits per heavy atom. The summed E-state index contributed by atoms with van der Waals surface area (Å²) in [4.78, 5) is 6.53. The van der Waals surface area contributed by atoms with Crippen molar-refractivity contribution in [1.82, 2.24) is 14.9 Å². The Morgan fingerprint density at radius 3 is 2.64 bits per heavy atom. The van der Waals surface area contributed by atoms with E-state index in [0.717, 1.165) is 31.2 Å². The zero-order valence-corrected chi connectivity index (χ0v) is 16.0. The Morgan fingerprint density at radius 1 is 1.32 bits per heavy atom. The standard InChI is InChI=1S/C17H28N4O3S/c1-4-25(22,23)20-11-10-19-17(18-2)21-12-9-15(13-21)14-5-7-16(24-3)8-6-14/h5-8,15,20H,4,9-13H2,1-3H3,(H,18,19). The molecule has 1 unspecified atom stereocenters. The van der Waals surface area contributed by atoms with Crippen molar-refractivity contribution in [2.45, 2.75) is 19.3 Å². The van der Waals surface area contributed by atoms with Gasteiger partial charge in [-0.2, -0.15) is 0 Å². The van der Waals surface area contributed by atoms with Gasteiger partial charge in [-0.1, -0.05) is 12.1 Å². The van der Waals surface area contributed by atoms with E-state index in [1.165, 1.54) is 5.56 Å². The summed E-state index contributed by atoms with van der Waals surface area (Å²) in [5.41, 5.74) is 1.30. The lowest BCUT2D eigenvalue weighted by molar-refractivity contribution is 0.414. The highest BCUT2D eigenvalue weighted by Gasteiger charge is 2.26. The van der Waals surface area contributed by atoms with Crippen molar-refractivity contribution in [3.05, 3.63) is 29.8 Å². The van der Waals surface area contributed by atoms with Gasteiger partial charge in [-0.05, 0) is 31.0 Å². The van der Waals surface area contributed by atoms with Gasteiger partial charge in [0.25, 0.3) is 0 Å². The molecule has 25 heavy (non-hydrogen) atoms.